The zero-order valence-corrected chi connectivity index (χ0v) is 15.0. The average molecular weight is 351 g/mol. The maximum Gasteiger partial charge on any atom is 0.188 e. The van der Waals surface area contributed by atoms with Crippen molar-refractivity contribution in [3.63, 3.8) is 0 Å². The zero-order valence-electron chi connectivity index (χ0n) is 12.6. The van der Waals surface area contributed by atoms with Crippen LogP contribution in [0.25, 0.3) is 0 Å². The molecule has 0 aliphatic rings. The molecule has 0 spiro atoms. The maximum atomic E-state index is 11.6. The molecule has 0 bridgehead atoms. The molecule has 3 heteroatoms. The summed E-state index contributed by atoms with van der Waals surface area (Å²) in [6, 6.07) is 0. The minimum atomic E-state index is 0.411. The molecule has 0 aliphatic carbocycles. The molecule has 0 fully saturated rings. The Balaban J connectivity index is 3.13. The number of unbranched alkanes of at least 4 members (excludes halogenated alkanes) is 9. The van der Waals surface area contributed by atoms with E-state index in [1.807, 2.05) is 0 Å². The fourth-order valence-corrected chi connectivity index (χ4v) is 3.30. The maximum absolute atomic E-state index is 11.6. The fraction of sp³-hybridized carbons (Fsp3) is 0.938. The molecule has 0 saturated heterocycles. The van der Waals surface area contributed by atoms with Crippen LogP contribution in [-0.4, -0.2) is 16.2 Å². The van der Waals surface area contributed by atoms with Crippen molar-refractivity contribution in [1.29, 1.82) is 0 Å². The number of carbonyl (C=O) groups excluding carboxylic acids is 1. The van der Waals surface area contributed by atoms with Crippen LogP contribution in [0.5, 0.6) is 0 Å². The summed E-state index contributed by atoms with van der Waals surface area (Å²) in [5.74, 6) is 1.04. The van der Waals surface area contributed by atoms with Gasteiger partial charge in [0.05, 0.1) is 0 Å². The van der Waals surface area contributed by atoms with Crippen LogP contribution in [0.3, 0.4) is 0 Å². The largest absolute Gasteiger partial charge is 0.287 e. The number of carbonyl (C=O) groups is 1. The zero-order chi connectivity index (χ0) is 14.2. The Morgan fingerprint density at radius 1 is 0.842 bits per heavy atom. The van der Waals surface area contributed by atoms with Crippen LogP contribution in [-0.2, 0) is 4.79 Å². The lowest BCUT2D eigenvalue weighted by Gasteiger charge is -2.02. The Bertz CT molecular complexity index is 197. The van der Waals surface area contributed by atoms with Gasteiger partial charge in [-0.05, 0) is 19.3 Å². The number of rotatable bonds is 14. The molecule has 0 aromatic carbocycles. The van der Waals surface area contributed by atoms with E-state index in [2.05, 4.69) is 22.9 Å². The molecule has 0 amide bonds. The van der Waals surface area contributed by atoms with E-state index in [1.165, 1.54) is 64.2 Å². The number of halogens is 1. The summed E-state index contributed by atoms with van der Waals surface area (Å²) in [5.41, 5.74) is 0. The SMILES string of the molecule is CCCCCCCCSC(=O)CCCCCCCBr. The van der Waals surface area contributed by atoms with Crippen LogP contribution < -0.4 is 0 Å². The first kappa shape index (κ1) is 19.5. The van der Waals surface area contributed by atoms with Gasteiger partial charge in [-0.3, -0.25) is 4.79 Å². The van der Waals surface area contributed by atoms with Gasteiger partial charge in [-0.15, -0.1) is 0 Å². The minimum absolute atomic E-state index is 0.411. The highest BCUT2D eigenvalue weighted by Crippen LogP contribution is 2.14. The molecule has 114 valence electrons. The highest BCUT2D eigenvalue weighted by atomic mass is 79.9. The number of hydrogen-bond donors (Lipinski definition) is 0. The van der Waals surface area contributed by atoms with E-state index in [9.17, 15) is 4.79 Å². The van der Waals surface area contributed by atoms with Crippen molar-refractivity contribution >= 4 is 32.8 Å². The van der Waals surface area contributed by atoms with E-state index >= 15 is 0 Å². The average Bonchev–Trinajstić information content (AvgIpc) is 2.41. The van der Waals surface area contributed by atoms with Gasteiger partial charge in [0.25, 0.3) is 0 Å². The van der Waals surface area contributed by atoms with E-state index in [4.69, 9.17) is 0 Å². The van der Waals surface area contributed by atoms with E-state index in [-0.39, 0.29) is 0 Å². The lowest BCUT2D eigenvalue weighted by molar-refractivity contribution is -0.111. The monoisotopic (exact) mass is 350 g/mol. The second-order valence-electron chi connectivity index (χ2n) is 5.19. The molecular formula is C16H31BrOS. The van der Waals surface area contributed by atoms with Gasteiger partial charge in [-0.2, -0.15) is 0 Å². The molecule has 0 unspecified atom stereocenters. The van der Waals surface area contributed by atoms with Crippen molar-refractivity contribution in [2.24, 2.45) is 0 Å². The second kappa shape index (κ2) is 16.6. The van der Waals surface area contributed by atoms with Crippen LogP contribution in [0.15, 0.2) is 0 Å². The summed E-state index contributed by atoms with van der Waals surface area (Å²) in [6.07, 6.45) is 14.8. The number of alkyl halides is 1. The lowest BCUT2D eigenvalue weighted by Crippen LogP contribution is -1.94. The van der Waals surface area contributed by atoms with Gasteiger partial charge in [0.2, 0.25) is 0 Å². The second-order valence-corrected chi connectivity index (χ2v) is 7.14. The van der Waals surface area contributed by atoms with Crippen LogP contribution in [0.1, 0.15) is 84.0 Å². The molecule has 0 aromatic heterocycles. The third kappa shape index (κ3) is 16.4. The summed E-state index contributed by atoms with van der Waals surface area (Å²) >= 11 is 5.00. The van der Waals surface area contributed by atoms with E-state index < -0.39 is 0 Å². The molecule has 1 nitrogen and oxygen atoms in total. The van der Waals surface area contributed by atoms with Crippen molar-refractivity contribution in [3.05, 3.63) is 0 Å². The predicted molar refractivity (Wildman–Crippen MR) is 92.3 cm³/mol. The third-order valence-electron chi connectivity index (χ3n) is 3.28. The third-order valence-corrected chi connectivity index (χ3v) is 4.86. The molecule has 0 heterocycles. The molecule has 0 saturated carbocycles. The van der Waals surface area contributed by atoms with Crippen molar-refractivity contribution in [2.75, 3.05) is 11.1 Å². The van der Waals surface area contributed by atoms with Crippen molar-refractivity contribution < 1.29 is 4.79 Å². The molecule has 0 N–H and O–H groups in total. The highest BCUT2D eigenvalue weighted by molar-refractivity contribution is 9.09. The summed E-state index contributed by atoms with van der Waals surface area (Å²) < 4.78 is 0. The smallest absolute Gasteiger partial charge is 0.188 e. The van der Waals surface area contributed by atoms with Gasteiger partial charge in [0.1, 0.15) is 0 Å². The van der Waals surface area contributed by atoms with Gasteiger partial charge in [0, 0.05) is 17.5 Å². The van der Waals surface area contributed by atoms with E-state index in [1.54, 1.807) is 11.8 Å². The molecule has 0 radical (unpaired) electrons. The molecule has 19 heavy (non-hydrogen) atoms. The standard InChI is InChI=1S/C16H31BrOS/c1-2-3-4-5-9-12-15-19-16(18)13-10-7-6-8-11-14-17/h2-15H2,1H3. The van der Waals surface area contributed by atoms with Gasteiger partial charge in [-0.1, -0.05) is 86.0 Å². The molecule has 0 aliphatic heterocycles. The van der Waals surface area contributed by atoms with Gasteiger partial charge >= 0.3 is 0 Å². The topological polar surface area (TPSA) is 17.1 Å². The minimum Gasteiger partial charge on any atom is -0.287 e. The normalized spacial score (nSPS) is 10.8. The molecular weight excluding hydrogens is 320 g/mol. The highest BCUT2D eigenvalue weighted by Gasteiger charge is 2.02. The first-order valence-corrected chi connectivity index (χ1v) is 10.1. The van der Waals surface area contributed by atoms with Crippen molar-refractivity contribution in [3.8, 4) is 0 Å². The summed E-state index contributed by atoms with van der Waals surface area (Å²) in [7, 11) is 0. The van der Waals surface area contributed by atoms with Crippen LogP contribution in [0.2, 0.25) is 0 Å². The fourth-order valence-electron chi connectivity index (χ4n) is 2.03. The molecule has 0 atom stereocenters. The van der Waals surface area contributed by atoms with E-state index in [0.717, 1.165) is 23.9 Å². The summed E-state index contributed by atoms with van der Waals surface area (Å²) in [6.45, 7) is 2.24. The first-order chi connectivity index (χ1) is 9.31. The predicted octanol–water partition coefficient (Wildman–Crippen LogP) is 6.34. The first-order valence-electron chi connectivity index (χ1n) is 8.02. The Hall–Kier alpha value is 0.500. The van der Waals surface area contributed by atoms with Crippen molar-refractivity contribution in [1.82, 2.24) is 0 Å². The van der Waals surface area contributed by atoms with E-state index in [0.29, 0.717) is 5.12 Å². The van der Waals surface area contributed by atoms with Crippen LogP contribution in [0, 0.1) is 0 Å². The number of hydrogen-bond acceptors (Lipinski definition) is 2. The molecule has 0 rings (SSSR count). The Kier molecular flexibility index (Phi) is 17.0. The van der Waals surface area contributed by atoms with Crippen molar-refractivity contribution in [2.45, 2.75) is 84.0 Å². The van der Waals surface area contributed by atoms with Gasteiger partial charge in [-0.25, -0.2) is 0 Å². The quantitative estimate of drug-likeness (QED) is 0.268. The van der Waals surface area contributed by atoms with Crippen LogP contribution >= 0.6 is 27.7 Å². The van der Waals surface area contributed by atoms with Gasteiger partial charge in [0.15, 0.2) is 5.12 Å². The lowest BCUT2D eigenvalue weighted by atomic mass is 10.1. The Labute approximate surface area is 132 Å². The Morgan fingerprint density at radius 3 is 2.11 bits per heavy atom. The summed E-state index contributed by atoms with van der Waals surface area (Å²) in [5, 5.41) is 1.52. The molecule has 0 aromatic rings. The summed E-state index contributed by atoms with van der Waals surface area (Å²) in [4.78, 5) is 11.6. The number of thioether (sulfide) groups is 1. The Morgan fingerprint density at radius 2 is 1.42 bits per heavy atom. The van der Waals surface area contributed by atoms with Gasteiger partial charge < -0.3 is 0 Å². The van der Waals surface area contributed by atoms with Crippen LogP contribution in [0.4, 0.5) is 0 Å².